The fourth-order valence-electron chi connectivity index (χ4n) is 2.33. The Bertz CT molecular complexity index is 352. The number of hydrazine groups is 1. The second-order valence-corrected chi connectivity index (χ2v) is 4.50. The summed E-state index contributed by atoms with van der Waals surface area (Å²) >= 11 is 0. The van der Waals surface area contributed by atoms with Crippen LogP contribution in [0.15, 0.2) is 18.5 Å². The SMILES string of the molecule is NNC(Cc1cnccc1N)C1CCOCC1. The molecule has 0 saturated carbocycles. The molecule has 1 aromatic rings. The lowest BCUT2D eigenvalue weighted by molar-refractivity contribution is 0.0538. The smallest absolute Gasteiger partial charge is 0.0469 e. The van der Waals surface area contributed by atoms with Gasteiger partial charge in [-0.15, -0.1) is 0 Å². The molecule has 0 spiro atoms. The van der Waals surface area contributed by atoms with Crippen LogP contribution < -0.4 is 17.0 Å². The number of nitrogen functional groups attached to an aromatic ring is 1. The van der Waals surface area contributed by atoms with Crippen LogP contribution in [0.25, 0.3) is 0 Å². The van der Waals surface area contributed by atoms with E-state index in [1.165, 1.54) is 0 Å². The van der Waals surface area contributed by atoms with E-state index in [0.717, 1.165) is 43.7 Å². The number of aromatic nitrogens is 1. The molecule has 1 unspecified atom stereocenters. The molecule has 0 bridgehead atoms. The Balaban J connectivity index is 2.01. The van der Waals surface area contributed by atoms with Crippen molar-refractivity contribution in [3.8, 4) is 0 Å². The summed E-state index contributed by atoms with van der Waals surface area (Å²) in [7, 11) is 0. The zero-order valence-corrected chi connectivity index (χ0v) is 9.93. The molecule has 94 valence electrons. The summed E-state index contributed by atoms with van der Waals surface area (Å²) in [6.45, 7) is 1.65. The molecule has 17 heavy (non-hydrogen) atoms. The predicted octanol–water partition coefficient (Wildman–Crippen LogP) is 0.465. The van der Waals surface area contributed by atoms with Crippen molar-refractivity contribution in [2.75, 3.05) is 18.9 Å². The van der Waals surface area contributed by atoms with Gasteiger partial charge in [0.25, 0.3) is 0 Å². The van der Waals surface area contributed by atoms with Crippen molar-refractivity contribution in [2.45, 2.75) is 25.3 Å². The highest BCUT2D eigenvalue weighted by Gasteiger charge is 2.23. The first-order valence-electron chi connectivity index (χ1n) is 6.03. The van der Waals surface area contributed by atoms with E-state index < -0.39 is 0 Å². The van der Waals surface area contributed by atoms with E-state index >= 15 is 0 Å². The van der Waals surface area contributed by atoms with Crippen LogP contribution >= 0.6 is 0 Å². The third-order valence-electron chi connectivity index (χ3n) is 3.43. The molecule has 1 saturated heterocycles. The number of hydrogen-bond donors (Lipinski definition) is 3. The molecule has 0 aliphatic carbocycles. The third-order valence-corrected chi connectivity index (χ3v) is 3.43. The van der Waals surface area contributed by atoms with Crippen LogP contribution in [-0.4, -0.2) is 24.2 Å². The summed E-state index contributed by atoms with van der Waals surface area (Å²) in [5, 5.41) is 0. The molecule has 1 aromatic heterocycles. The van der Waals surface area contributed by atoms with Gasteiger partial charge in [0.2, 0.25) is 0 Å². The van der Waals surface area contributed by atoms with Crippen LogP contribution in [0.5, 0.6) is 0 Å². The van der Waals surface area contributed by atoms with Crippen molar-refractivity contribution in [3.63, 3.8) is 0 Å². The molecule has 5 N–H and O–H groups in total. The van der Waals surface area contributed by atoms with Gasteiger partial charge in [-0.05, 0) is 36.8 Å². The zero-order valence-electron chi connectivity index (χ0n) is 9.93. The largest absolute Gasteiger partial charge is 0.398 e. The number of nitrogens with zero attached hydrogens (tertiary/aromatic N) is 1. The minimum Gasteiger partial charge on any atom is -0.398 e. The van der Waals surface area contributed by atoms with Gasteiger partial charge < -0.3 is 10.5 Å². The zero-order chi connectivity index (χ0) is 12.1. The van der Waals surface area contributed by atoms with Crippen LogP contribution in [0.4, 0.5) is 5.69 Å². The van der Waals surface area contributed by atoms with Crippen molar-refractivity contribution in [2.24, 2.45) is 11.8 Å². The first-order chi connectivity index (χ1) is 8.31. The van der Waals surface area contributed by atoms with Gasteiger partial charge in [-0.25, -0.2) is 0 Å². The van der Waals surface area contributed by atoms with E-state index in [9.17, 15) is 0 Å². The van der Waals surface area contributed by atoms with Gasteiger partial charge in [0.15, 0.2) is 0 Å². The molecule has 5 heteroatoms. The molecule has 1 aliphatic rings. The number of rotatable bonds is 4. The number of pyridine rings is 1. The maximum atomic E-state index is 5.92. The number of anilines is 1. The quantitative estimate of drug-likeness (QED) is 0.522. The molecular weight excluding hydrogens is 216 g/mol. The summed E-state index contributed by atoms with van der Waals surface area (Å²) in [5.74, 6) is 6.20. The van der Waals surface area contributed by atoms with Crippen molar-refractivity contribution in [1.82, 2.24) is 10.4 Å². The van der Waals surface area contributed by atoms with E-state index in [0.29, 0.717) is 5.92 Å². The van der Waals surface area contributed by atoms with Gasteiger partial charge >= 0.3 is 0 Å². The summed E-state index contributed by atoms with van der Waals surface area (Å²) < 4.78 is 5.36. The Morgan fingerprint density at radius 1 is 1.47 bits per heavy atom. The average molecular weight is 236 g/mol. The first-order valence-corrected chi connectivity index (χ1v) is 6.03. The summed E-state index contributed by atoms with van der Waals surface area (Å²) in [4.78, 5) is 4.10. The normalized spacial score (nSPS) is 19.1. The molecular formula is C12H20N4O. The molecule has 2 rings (SSSR count). The molecule has 1 aliphatic heterocycles. The molecule has 0 radical (unpaired) electrons. The minimum absolute atomic E-state index is 0.241. The van der Waals surface area contributed by atoms with E-state index in [4.69, 9.17) is 16.3 Å². The van der Waals surface area contributed by atoms with Gasteiger partial charge in [0.1, 0.15) is 0 Å². The van der Waals surface area contributed by atoms with Crippen molar-refractivity contribution in [1.29, 1.82) is 0 Å². The lowest BCUT2D eigenvalue weighted by Gasteiger charge is -2.30. The maximum absolute atomic E-state index is 5.92. The monoisotopic (exact) mass is 236 g/mol. The van der Waals surface area contributed by atoms with Gasteiger partial charge in [-0.1, -0.05) is 0 Å². The van der Waals surface area contributed by atoms with E-state index in [2.05, 4.69) is 10.4 Å². The Hall–Kier alpha value is -1.17. The van der Waals surface area contributed by atoms with E-state index in [1.54, 1.807) is 6.20 Å². The fraction of sp³-hybridized carbons (Fsp3) is 0.583. The number of nitrogens with two attached hydrogens (primary N) is 2. The van der Waals surface area contributed by atoms with Crippen LogP contribution in [0.1, 0.15) is 18.4 Å². The summed E-state index contributed by atoms with van der Waals surface area (Å²) in [6.07, 6.45) is 6.45. The highest BCUT2D eigenvalue weighted by Crippen LogP contribution is 2.22. The first kappa shape index (κ1) is 12.3. The second kappa shape index (κ2) is 5.95. The maximum Gasteiger partial charge on any atom is 0.0469 e. The van der Waals surface area contributed by atoms with Crippen LogP contribution in [-0.2, 0) is 11.2 Å². The van der Waals surface area contributed by atoms with Crippen molar-refractivity contribution >= 4 is 5.69 Å². The Morgan fingerprint density at radius 2 is 2.24 bits per heavy atom. The van der Waals surface area contributed by atoms with Crippen molar-refractivity contribution in [3.05, 3.63) is 24.0 Å². The topological polar surface area (TPSA) is 86.2 Å². The van der Waals surface area contributed by atoms with Gasteiger partial charge in [0.05, 0.1) is 0 Å². The van der Waals surface area contributed by atoms with Crippen molar-refractivity contribution < 1.29 is 4.74 Å². The highest BCUT2D eigenvalue weighted by molar-refractivity contribution is 5.44. The van der Waals surface area contributed by atoms with E-state index in [1.807, 2.05) is 12.3 Å². The molecule has 0 aromatic carbocycles. The Kier molecular flexibility index (Phi) is 4.30. The minimum atomic E-state index is 0.241. The standard InChI is InChI=1S/C12H20N4O/c13-11-1-4-15-8-10(11)7-12(16-14)9-2-5-17-6-3-9/h1,4,8-9,12,16H,2-3,5-7,14H2,(H2,13,15). The number of nitrogens with one attached hydrogen (secondary N) is 1. The average Bonchev–Trinajstić information content (AvgIpc) is 2.39. The predicted molar refractivity (Wildman–Crippen MR) is 67.0 cm³/mol. The summed E-state index contributed by atoms with van der Waals surface area (Å²) in [5.41, 5.74) is 10.7. The Labute approximate surface area is 102 Å². The number of hydrogen-bond acceptors (Lipinski definition) is 5. The van der Waals surface area contributed by atoms with Gasteiger partial charge in [0, 0.05) is 37.3 Å². The van der Waals surface area contributed by atoms with Crippen LogP contribution in [0.3, 0.4) is 0 Å². The molecule has 0 amide bonds. The molecule has 2 heterocycles. The molecule has 5 nitrogen and oxygen atoms in total. The number of ether oxygens (including phenoxy) is 1. The lowest BCUT2D eigenvalue weighted by atomic mass is 9.88. The highest BCUT2D eigenvalue weighted by atomic mass is 16.5. The summed E-state index contributed by atoms with van der Waals surface area (Å²) in [6, 6.07) is 2.07. The van der Waals surface area contributed by atoms with Crippen LogP contribution in [0.2, 0.25) is 0 Å². The second-order valence-electron chi connectivity index (χ2n) is 4.50. The third kappa shape index (κ3) is 3.15. The molecule has 1 fully saturated rings. The lowest BCUT2D eigenvalue weighted by Crippen LogP contribution is -2.44. The van der Waals surface area contributed by atoms with Crippen LogP contribution in [0, 0.1) is 5.92 Å². The van der Waals surface area contributed by atoms with Gasteiger partial charge in [-0.3, -0.25) is 16.3 Å². The fourth-order valence-corrected chi connectivity index (χ4v) is 2.33. The van der Waals surface area contributed by atoms with Gasteiger partial charge in [-0.2, -0.15) is 0 Å². The van der Waals surface area contributed by atoms with E-state index in [-0.39, 0.29) is 6.04 Å². The Morgan fingerprint density at radius 3 is 2.88 bits per heavy atom. The molecule has 1 atom stereocenters.